The molecule has 2 aromatic heterocycles. The average Bonchev–Trinajstić information content (AvgIpc) is 3.35. The summed E-state index contributed by atoms with van der Waals surface area (Å²) in [6, 6.07) is 8.25. The maximum atomic E-state index is 13.3. The zero-order valence-electron chi connectivity index (χ0n) is 23.2. The lowest BCUT2D eigenvalue weighted by molar-refractivity contribution is -0.141. The van der Waals surface area contributed by atoms with Crippen LogP contribution in [0.25, 0.3) is 16.7 Å². The van der Waals surface area contributed by atoms with Crippen molar-refractivity contribution in [2.45, 2.75) is 76.0 Å². The quantitative estimate of drug-likeness (QED) is 0.525. The summed E-state index contributed by atoms with van der Waals surface area (Å²) in [6.07, 6.45) is 10.3. The largest absolute Gasteiger partial charge is 0.388 e. The number of piperidine rings is 2. The summed E-state index contributed by atoms with van der Waals surface area (Å²) >= 11 is 0. The van der Waals surface area contributed by atoms with Gasteiger partial charge in [-0.3, -0.25) is 14.2 Å². The number of amides is 1. The number of benzene rings is 1. The number of likely N-dealkylation sites (tertiary alicyclic amines) is 1. The highest BCUT2D eigenvalue weighted by atomic mass is 16.5. The van der Waals surface area contributed by atoms with Crippen LogP contribution in [0.4, 0.5) is 5.69 Å². The number of aliphatic hydroxyl groups is 1. The van der Waals surface area contributed by atoms with Crippen molar-refractivity contribution in [1.82, 2.24) is 24.2 Å². The summed E-state index contributed by atoms with van der Waals surface area (Å²) < 4.78 is 9.24. The highest BCUT2D eigenvalue weighted by molar-refractivity contribution is 5.85. The lowest BCUT2D eigenvalue weighted by atomic mass is 9.88. The Balaban J connectivity index is 1.04. The van der Waals surface area contributed by atoms with Crippen molar-refractivity contribution in [3.8, 4) is 5.69 Å². The standard InChI is InChI=1S/C30H38N6O4/c1-28(8-9-28)27(38)34-14-10-29(39,11-15-34)20-35-21-31-25-24(26(35)37)19-32-36(25)23-5-3-22(4-6-23)33-16-12-30(13-17-33)7-2-18-40-30/h3-6,19,21,39H,2,7-18,20H2,1H3. The summed E-state index contributed by atoms with van der Waals surface area (Å²) in [7, 11) is 0. The van der Waals surface area contributed by atoms with Crippen LogP contribution in [0, 0.1) is 5.41 Å². The molecular weight excluding hydrogens is 508 g/mol. The second-order valence-corrected chi connectivity index (χ2v) is 12.7. The molecule has 4 fully saturated rings. The van der Waals surface area contributed by atoms with Gasteiger partial charge in [0.25, 0.3) is 5.56 Å². The third-order valence-corrected chi connectivity index (χ3v) is 9.84. The summed E-state index contributed by atoms with van der Waals surface area (Å²) in [4.78, 5) is 34.9. The maximum absolute atomic E-state index is 13.3. The van der Waals surface area contributed by atoms with Crippen LogP contribution in [-0.4, -0.2) is 79.2 Å². The highest BCUT2D eigenvalue weighted by Gasteiger charge is 2.48. The minimum atomic E-state index is -1.05. The van der Waals surface area contributed by atoms with Crippen molar-refractivity contribution >= 4 is 22.6 Å². The number of hydrogen-bond acceptors (Lipinski definition) is 7. The van der Waals surface area contributed by atoms with Crippen molar-refractivity contribution in [3.05, 3.63) is 47.1 Å². The Kier molecular flexibility index (Phi) is 6.05. The molecule has 3 aromatic rings. The van der Waals surface area contributed by atoms with E-state index < -0.39 is 5.60 Å². The monoisotopic (exact) mass is 546 g/mol. The molecule has 1 spiro atoms. The Morgan fingerprint density at radius 3 is 2.33 bits per heavy atom. The van der Waals surface area contributed by atoms with Gasteiger partial charge < -0.3 is 19.6 Å². The van der Waals surface area contributed by atoms with Crippen LogP contribution < -0.4 is 10.5 Å². The number of hydrogen-bond donors (Lipinski definition) is 1. The van der Waals surface area contributed by atoms with Crippen molar-refractivity contribution in [1.29, 1.82) is 0 Å². The molecule has 0 radical (unpaired) electrons. The Hall–Kier alpha value is -3.24. The maximum Gasteiger partial charge on any atom is 0.264 e. The Bertz CT molecular complexity index is 1470. The van der Waals surface area contributed by atoms with Crippen LogP contribution in [-0.2, 0) is 16.1 Å². The number of nitrogens with zero attached hydrogens (tertiary/aromatic N) is 6. The number of anilines is 1. The molecule has 3 saturated heterocycles. The van der Waals surface area contributed by atoms with Crippen LogP contribution in [0.15, 0.2) is 41.6 Å². The van der Waals surface area contributed by atoms with E-state index in [1.807, 2.05) is 24.0 Å². The molecule has 0 unspecified atom stereocenters. The summed E-state index contributed by atoms with van der Waals surface area (Å²) in [5.41, 5.74) is 1.14. The predicted octanol–water partition coefficient (Wildman–Crippen LogP) is 2.89. The first-order valence-electron chi connectivity index (χ1n) is 14.7. The SMILES string of the molecule is CC1(C(=O)N2CCC(O)(Cn3cnc4c(cnn4-c4ccc(N5CCC6(CCCO6)CC5)cc4)c3=O)CC2)CC1. The molecule has 0 bridgehead atoms. The van der Waals surface area contributed by atoms with Gasteiger partial charge in [0.2, 0.25) is 5.91 Å². The molecule has 7 rings (SSSR count). The zero-order chi connectivity index (χ0) is 27.5. The van der Waals surface area contributed by atoms with Gasteiger partial charge in [-0.2, -0.15) is 5.10 Å². The Morgan fingerprint density at radius 2 is 1.68 bits per heavy atom. The molecule has 1 aromatic carbocycles. The van der Waals surface area contributed by atoms with E-state index in [9.17, 15) is 14.7 Å². The normalized spacial score (nSPS) is 23.1. The van der Waals surface area contributed by atoms with Crippen LogP contribution in [0.1, 0.15) is 58.3 Å². The first-order chi connectivity index (χ1) is 19.3. The molecule has 3 aliphatic heterocycles. The lowest BCUT2D eigenvalue weighted by Gasteiger charge is -2.39. The van der Waals surface area contributed by atoms with E-state index in [1.54, 1.807) is 10.9 Å². The summed E-state index contributed by atoms with van der Waals surface area (Å²) in [5, 5.41) is 16.2. The van der Waals surface area contributed by atoms with Crippen LogP contribution in [0.3, 0.4) is 0 Å². The number of carbonyl (C=O) groups is 1. The van der Waals surface area contributed by atoms with Gasteiger partial charge in [-0.05, 0) is 75.6 Å². The average molecular weight is 547 g/mol. The zero-order valence-corrected chi connectivity index (χ0v) is 23.2. The van der Waals surface area contributed by atoms with Gasteiger partial charge >= 0.3 is 0 Å². The fourth-order valence-electron chi connectivity index (χ4n) is 6.76. The fraction of sp³-hybridized carbons (Fsp3) is 0.600. The first kappa shape index (κ1) is 25.7. The summed E-state index contributed by atoms with van der Waals surface area (Å²) in [6.45, 7) is 6.06. The van der Waals surface area contributed by atoms with Crippen molar-refractivity contribution in [2.75, 3.05) is 37.7 Å². The number of fused-ring (bicyclic) bond motifs is 1. The molecule has 10 heteroatoms. The van der Waals surface area contributed by atoms with Gasteiger partial charge in [-0.1, -0.05) is 6.92 Å². The third kappa shape index (κ3) is 4.51. The van der Waals surface area contributed by atoms with E-state index in [4.69, 9.17) is 4.74 Å². The first-order valence-corrected chi connectivity index (χ1v) is 14.7. The van der Waals surface area contributed by atoms with E-state index in [0.717, 1.165) is 51.1 Å². The van der Waals surface area contributed by atoms with Gasteiger partial charge in [0.1, 0.15) is 11.7 Å². The minimum absolute atomic E-state index is 0.101. The molecular formula is C30H38N6O4. The highest BCUT2D eigenvalue weighted by Crippen LogP contribution is 2.47. The van der Waals surface area contributed by atoms with Crippen molar-refractivity contribution < 1.29 is 14.6 Å². The molecule has 4 aliphatic rings. The third-order valence-electron chi connectivity index (χ3n) is 9.84. The predicted molar refractivity (Wildman–Crippen MR) is 151 cm³/mol. The Labute approximate surface area is 233 Å². The van der Waals surface area contributed by atoms with E-state index in [0.29, 0.717) is 37.0 Å². The van der Waals surface area contributed by atoms with E-state index in [2.05, 4.69) is 27.1 Å². The minimum Gasteiger partial charge on any atom is -0.388 e. The molecule has 212 valence electrons. The van der Waals surface area contributed by atoms with Crippen LogP contribution in [0.5, 0.6) is 0 Å². The topological polar surface area (TPSA) is 106 Å². The number of ether oxygens (including phenoxy) is 1. The number of aromatic nitrogens is 4. The van der Waals surface area contributed by atoms with E-state index in [-0.39, 0.29) is 29.0 Å². The van der Waals surface area contributed by atoms with Gasteiger partial charge in [-0.15, -0.1) is 0 Å². The van der Waals surface area contributed by atoms with E-state index in [1.165, 1.54) is 29.4 Å². The van der Waals surface area contributed by atoms with Gasteiger partial charge in [0.15, 0.2) is 5.65 Å². The number of carbonyl (C=O) groups excluding carboxylic acids is 1. The van der Waals surface area contributed by atoms with E-state index >= 15 is 0 Å². The second kappa shape index (κ2) is 9.41. The smallest absolute Gasteiger partial charge is 0.264 e. The molecule has 5 heterocycles. The fourth-order valence-corrected chi connectivity index (χ4v) is 6.76. The lowest BCUT2D eigenvalue weighted by Crippen LogP contribution is -2.51. The van der Waals surface area contributed by atoms with Crippen LogP contribution in [0.2, 0.25) is 0 Å². The summed E-state index contributed by atoms with van der Waals surface area (Å²) in [5.74, 6) is 0.193. The molecule has 1 saturated carbocycles. The Morgan fingerprint density at radius 1 is 0.975 bits per heavy atom. The molecule has 1 N–H and O–H groups in total. The van der Waals surface area contributed by atoms with Gasteiger partial charge in [-0.25, -0.2) is 9.67 Å². The van der Waals surface area contributed by atoms with Crippen molar-refractivity contribution in [2.24, 2.45) is 5.41 Å². The molecule has 40 heavy (non-hydrogen) atoms. The molecule has 10 nitrogen and oxygen atoms in total. The molecule has 1 aliphatic carbocycles. The van der Waals surface area contributed by atoms with Gasteiger partial charge in [0, 0.05) is 43.9 Å². The molecule has 1 amide bonds. The number of rotatable bonds is 5. The van der Waals surface area contributed by atoms with Crippen molar-refractivity contribution in [3.63, 3.8) is 0 Å². The van der Waals surface area contributed by atoms with Gasteiger partial charge in [0.05, 0.1) is 29.6 Å². The van der Waals surface area contributed by atoms with Crippen LogP contribution >= 0.6 is 0 Å². The molecule has 0 atom stereocenters. The second-order valence-electron chi connectivity index (χ2n) is 12.7.